The number of hydrogen-bond donors (Lipinski definition) is 1. The number of aliphatic imine (C=N–C) groups is 1. The molecule has 1 aliphatic rings. The van der Waals surface area contributed by atoms with E-state index in [1.54, 1.807) is 18.1 Å². The molecule has 2 aromatic rings. The lowest BCUT2D eigenvalue weighted by atomic mass is 10.1. The van der Waals surface area contributed by atoms with Crippen LogP contribution in [0.4, 0.5) is 0 Å². The lowest BCUT2D eigenvalue weighted by Gasteiger charge is -2.23. The summed E-state index contributed by atoms with van der Waals surface area (Å²) in [4.78, 5) is 25.1. The molecule has 0 aliphatic carbocycles. The van der Waals surface area contributed by atoms with E-state index in [1.165, 1.54) is 5.56 Å². The lowest BCUT2D eigenvalue weighted by molar-refractivity contribution is -0.128. The predicted octanol–water partition coefficient (Wildman–Crippen LogP) is 2.20. The first-order chi connectivity index (χ1) is 15.2. The van der Waals surface area contributed by atoms with Gasteiger partial charge in [0.25, 0.3) is 0 Å². The summed E-state index contributed by atoms with van der Waals surface area (Å²) in [5, 5.41) is 3.22. The van der Waals surface area contributed by atoms with Crippen molar-refractivity contribution >= 4 is 11.9 Å². The summed E-state index contributed by atoms with van der Waals surface area (Å²) in [5.41, 5.74) is 2.18. The van der Waals surface area contributed by atoms with Crippen LogP contribution in [0.2, 0.25) is 0 Å². The average molecular weight is 424 g/mol. The van der Waals surface area contributed by atoms with Crippen LogP contribution < -0.4 is 5.32 Å². The summed E-state index contributed by atoms with van der Waals surface area (Å²) in [7, 11) is 3.59. The number of hydrogen-bond acceptors (Lipinski definition) is 4. The minimum Gasteiger partial charge on any atom is -0.376 e. The Balaban J connectivity index is 1.36. The van der Waals surface area contributed by atoms with E-state index >= 15 is 0 Å². The van der Waals surface area contributed by atoms with Crippen molar-refractivity contribution in [1.82, 2.24) is 20.1 Å². The molecular weight excluding hydrogens is 390 g/mol. The molecule has 1 fully saturated rings. The molecule has 1 saturated heterocycles. The van der Waals surface area contributed by atoms with Crippen LogP contribution in [0.25, 0.3) is 0 Å². The molecule has 2 heterocycles. The van der Waals surface area contributed by atoms with Crippen molar-refractivity contribution in [3.63, 3.8) is 0 Å². The SMILES string of the molecule is CN=C(NCC(=O)N(C)CCc1ccccn1)N1CCC(COCc2ccccc2)C1. The summed E-state index contributed by atoms with van der Waals surface area (Å²) < 4.78 is 5.91. The van der Waals surface area contributed by atoms with Gasteiger partial charge in [0.2, 0.25) is 5.91 Å². The topological polar surface area (TPSA) is 70.1 Å². The zero-order valence-electron chi connectivity index (χ0n) is 18.5. The Bertz CT molecular complexity index is 828. The standard InChI is InChI=1S/C24H33N5O2/c1-25-24(27-16-23(30)28(2)14-12-22-10-6-7-13-26-22)29-15-11-21(17-29)19-31-18-20-8-4-3-5-9-20/h3-10,13,21H,11-12,14-19H2,1-2H3,(H,25,27). The highest BCUT2D eigenvalue weighted by Crippen LogP contribution is 2.17. The smallest absolute Gasteiger partial charge is 0.241 e. The first kappa shape index (κ1) is 22.7. The minimum absolute atomic E-state index is 0.0408. The van der Waals surface area contributed by atoms with E-state index in [0.717, 1.165) is 44.2 Å². The maximum Gasteiger partial charge on any atom is 0.241 e. The van der Waals surface area contributed by atoms with Crippen molar-refractivity contribution in [3.05, 3.63) is 66.0 Å². The van der Waals surface area contributed by atoms with Crippen LogP contribution in [0.3, 0.4) is 0 Å². The van der Waals surface area contributed by atoms with Gasteiger partial charge in [-0.05, 0) is 24.1 Å². The molecule has 7 nitrogen and oxygen atoms in total. The monoisotopic (exact) mass is 423 g/mol. The van der Waals surface area contributed by atoms with Crippen LogP contribution in [0.5, 0.6) is 0 Å². The van der Waals surface area contributed by atoms with Crippen molar-refractivity contribution < 1.29 is 9.53 Å². The fraction of sp³-hybridized carbons (Fsp3) is 0.458. The number of carbonyl (C=O) groups is 1. The normalized spacial score (nSPS) is 16.4. The highest BCUT2D eigenvalue weighted by molar-refractivity contribution is 5.86. The molecule has 3 rings (SSSR count). The number of guanidine groups is 1. The number of pyridine rings is 1. The van der Waals surface area contributed by atoms with Gasteiger partial charge in [-0.15, -0.1) is 0 Å². The van der Waals surface area contributed by atoms with Crippen molar-refractivity contribution in [2.24, 2.45) is 10.9 Å². The molecular formula is C24H33N5O2. The van der Waals surface area contributed by atoms with E-state index in [0.29, 0.717) is 19.1 Å². The summed E-state index contributed by atoms with van der Waals surface area (Å²) in [6.07, 6.45) is 3.58. The number of rotatable bonds is 9. The number of amides is 1. The Hall–Kier alpha value is -2.93. The molecule has 7 heteroatoms. The molecule has 0 saturated carbocycles. The molecule has 0 bridgehead atoms. The molecule has 1 aliphatic heterocycles. The van der Waals surface area contributed by atoms with E-state index in [-0.39, 0.29) is 12.5 Å². The van der Waals surface area contributed by atoms with Crippen LogP contribution in [0.1, 0.15) is 17.7 Å². The van der Waals surface area contributed by atoms with Crippen molar-refractivity contribution in [2.45, 2.75) is 19.4 Å². The second kappa shape index (κ2) is 12.1. The lowest BCUT2D eigenvalue weighted by Crippen LogP contribution is -2.45. The van der Waals surface area contributed by atoms with Crippen LogP contribution in [0, 0.1) is 5.92 Å². The summed E-state index contributed by atoms with van der Waals surface area (Å²) in [6, 6.07) is 16.1. The van der Waals surface area contributed by atoms with Gasteiger partial charge >= 0.3 is 0 Å². The van der Waals surface area contributed by atoms with Gasteiger partial charge < -0.3 is 19.9 Å². The Morgan fingerprint density at radius 2 is 2.06 bits per heavy atom. The molecule has 0 radical (unpaired) electrons. The Kier molecular flexibility index (Phi) is 8.84. The maximum atomic E-state index is 12.5. The number of likely N-dealkylation sites (tertiary alicyclic amines) is 1. The molecule has 166 valence electrons. The second-order valence-electron chi connectivity index (χ2n) is 7.89. The highest BCUT2D eigenvalue weighted by atomic mass is 16.5. The van der Waals surface area contributed by atoms with Crippen LogP contribution >= 0.6 is 0 Å². The Labute approximate surface area is 185 Å². The molecule has 31 heavy (non-hydrogen) atoms. The van der Waals surface area contributed by atoms with Gasteiger partial charge in [0.1, 0.15) is 0 Å². The van der Waals surface area contributed by atoms with Gasteiger partial charge in [-0.1, -0.05) is 36.4 Å². The number of aromatic nitrogens is 1. The zero-order valence-corrected chi connectivity index (χ0v) is 18.5. The van der Waals surface area contributed by atoms with Gasteiger partial charge in [-0.2, -0.15) is 0 Å². The van der Waals surface area contributed by atoms with Crippen LogP contribution in [-0.2, 0) is 22.6 Å². The number of ether oxygens (including phenoxy) is 1. The van der Waals surface area contributed by atoms with E-state index in [2.05, 4.69) is 32.3 Å². The summed E-state index contributed by atoms with van der Waals surface area (Å²) in [5.74, 6) is 1.29. The number of nitrogens with one attached hydrogen (secondary N) is 1. The largest absolute Gasteiger partial charge is 0.376 e. The first-order valence-corrected chi connectivity index (χ1v) is 10.9. The van der Waals surface area contributed by atoms with Crippen molar-refractivity contribution in [2.75, 3.05) is 46.9 Å². The third-order valence-corrected chi connectivity index (χ3v) is 5.52. The number of benzene rings is 1. The molecule has 1 amide bonds. The highest BCUT2D eigenvalue weighted by Gasteiger charge is 2.25. The number of carbonyl (C=O) groups excluding carboxylic acids is 1. The molecule has 1 unspecified atom stereocenters. The molecule has 1 N–H and O–H groups in total. The van der Waals surface area contributed by atoms with Crippen molar-refractivity contribution in [3.8, 4) is 0 Å². The molecule has 0 spiro atoms. The third kappa shape index (κ3) is 7.36. The zero-order chi connectivity index (χ0) is 21.9. The van der Waals surface area contributed by atoms with Crippen LogP contribution in [-0.4, -0.2) is 73.5 Å². The summed E-state index contributed by atoms with van der Waals surface area (Å²) in [6.45, 7) is 4.06. The van der Waals surface area contributed by atoms with Crippen LogP contribution in [0.15, 0.2) is 59.7 Å². The quantitative estimate of drug-likeness (QED) is 0.495. The molecule has 1 atom stereocenters. The predicted molar refractivity (Wildman–Crippen MR) is 123 cm³/mol. The van der Waals surface area contributed by atoms with E-state index < -0.39 is 0 Å². The maximum absolute atomic E-state index is 12.5. The van der Waals surface area contributed by atoms with E-state index in [1.807, 2.05) is 43.4 Å². The minimum atomic E-state index is 0.0408. The Morgan fingerprint density at radius 1 is 1.26 bits per heavy atom. The van der Waals surface area contributed by atoms with Gasteiger partial charge in [0.05, 0.1) is 19.8 Å². The second-order valence-corrected chi connectivity index (χ2v) is 7.89. The van der Waals surface area contributed by atoms with Crippen molar-refractivity contribution in [1.29, 1.82) is 0 Å². The van der Waals surface area contributed by atoms with E-state index in [4.69, 9.17) is 4.74 Å². The summed E-state index contributed by atoms with van der Waals surface area (Å²) >= 11 is 0. The van der Waals surface area contributed by atoms with Gasteiger partial charge in [-0.25, -0.2) is 0 Å². The van der Waals surface area contributed by atoms with E-state index in [9.17, 15) is 4.79 Å². The fourth-order valence-electron chi connectivity index (χ4n) is 3.65. The third-order valence-electron chi connectivity index (χ3n) is 5.52. The van der Waals surface area contributed by atoms with Gasteiger partial charge in [0, 0.05) is 58.0 Å². The molecule has 1 aromatic heterocycles. The molecule has 1 aromatic carbocycles. The van der Waals surface area contributed by atoms with Gasteiger partial charge in [-0.3, -0.25) is 14.8 Å². The first-order valence-electron chi connectivity index (χ1n) is 10.9. The fourth-order valence-corrected chi connectivity index (χ4v) is 3.65. The number of likely N-dealkylation sites (N-methyl/N-ethyl adjacent to an activating group) is 1. The average Bonchev–Trinajstić information content (AvgIpc) is 3.28. The Morgan fingerprint density at radius 3 is 2.81 bits per heavy atom. The number of nitrogens with zero attached hydrogens (tertiary/aromatic N) is 4. The van der Waals surface area contributed by atoms with Gasteiger partial charge in [0.15, 0.2) is 5.96 Å².